The molecule has 3 rings (SSSR count). The quantitative estimate of drug-likeness (QED) is 0.638. The van der Waals surface area contributed by atoms with Crippen molar-refractivity contribution in [2.75, 3.05) is 11.9 Å². The van der Waals surface area contributed by atoms with Crippen molar-refractivity contribution < 1.29 is 4.74 Å². The van der Waals surface area contributed by atoms with Crippen molar-refractivity contribution in [3.8, 4) is 5.88 Å². The van der Waals surface area contributed by atoms with Gasteiger partial charge in [0.25, 0.3) is 5.56 Å². The van der Waals surface area contributed by atoms with Crippen LogP contribution in [0.1, 0.15) is 30.5 Å². The smallest absolute Gasteiger partial charge is 0.290 e. The zero-order valence-electron chi connectivity index (χ0n) is 15.9. The van der Waals surface area contributed by atoms with E-state index in [0.717, 1.165) is 10.7 Å². The zero-order chi connectivity index (χ0) is 19.4. The van der Waals surface area contributed by atoms with E-state index >= 15 is 0 Å². The normalized spacial score (nSPS) is 13.3. The second-order valence-electron chi connectivity index (χ2n) is 6.60. The van der Waals surface area contributed by atoms with Gasteiger partial charge in [0, 0.05) is 43.9 Å². The monoisotopic (exact) mass is 388 g/mol. The molecule has 0 aromatic carbocycles. The molecule has 0 aliphatic rings. The molecular weight excluding hydrogens is 364 g/mol. The molecule has 0 saturated heterocycles. The molecular formula is C18H24N6O2S. The third-order valence-corrected chi connectivity index (χ3v) is 5.28. The third-order valence-electron chi connectivity index (χ3n) is 4.50. The predicted octanol–water partition coefficient (Wildman–Crippen LogP) is 2.40. The lowest BCUT2D eigenvalue weighted by Gasteiger charge is -2.18. The predicted molar refractivity (Wildman–Crippen MR) is 105 cm³/mol. The number of ether oxygens (including phenoxy) is 1. The van der Waals surface area contributed by atoms with Crippen LogP contribution >= 0.6 is 11.3 Å². The number of rotatable bonds is 8. The van der Waals surface area contributed by atoms with Gasteiger partial charge in [0.05, 0.1) is 18.8 Å². The Morgan fingerprint density at radius 1 is 1.30 bits per heavy atom. The van der Waals surface area contributed by atoms with Crippen LogP contribution in [-0.4, -0.2) is 31.2 Å². The highest BCUT2D eigenvalue weighted by molar-refractivity contribution is 7.09. The van der Waals surface area contributed by atoms with Crippen LogP contribution in [0.4, 0.5) is 5.69 Å². The van der Waals surface area contributed by atoms with Crippen molar-refractivity contribution in [3.63, 3.8) is 0 Å². The Balaban J connectivity index is 1.64. The Bertz CT molecular complexity index is 934. The standard InChI is InChI=1S/C18H24N6O2S/c1-12(13(2)14-5-7-23(3)21-14)11-26-16-9-15(18(25)24(4)22-16)20-10-17-19-6-8-27-17/h5-9,12-13,20H,10-11H2,1-4H3/t12?,13-/m0/s1. The molecule has 0 radical (unpaired) electrons. The number of nitrogens with zero attached hydrogens (tertiary/aromatic N) is 5. The summed E-state index contributed by atoms with van der Waals surface area (Å²) in [7, 11) is 3.52. The molecule has 2 atom stereocenters. The van der Waals surface area contributed by atoms with Gasteiger partial charge >= 0.3 is 0 Å². The third kappa shape index (κ3) is 4.73. The summed E-state index contributed by atoms with van der Waals surface area (Å²) in [5.74, 6) is 0.908. The van der Waals surface area contributed by atoms with E-state index in [4.69, 9.17) is 4.74 Å². The van der Waals surface area contributed by atoms with Crippen molar-refractivity contribution >= 4 is 17.0 Å². The first-order valence-corrected chi connectivity index (χ1v) is 9.65. The fourth-order valence-corrected chi connectivity index (χ4v) is 3.17. The minimum atomic E-state index is -0.200. The van der Waals surface area contributed by atoms with E-state index in [0.29, 0.717) is 24.7 Å². The fourth-order valence-electron chi connectivity index (χ4n) is 2.62. The number of hydrogen-bond donors (Lipinski definition) is 1. The summed E-state index contributed by atoms with van der Waals surface area (Å²) in [4.78, 5) is 16.5. The van der Waals surface area contributed by atoms with E-state index in [1.165, 1.54) is 16.0 Å². The average molecular weight is 388 g/mol. The molecule has 3 aromatic heterocycles. The first kappa shape index (κ1) is 19.1. The maximum Gasteiger partial charge on any atom is 0.290 e. The molecule has 1 unspecified atom stereocenters. The topological polar surface area (TPSA) is 86.9 Å². The van der Waals surface area contributed by atoms with Crippen LogP contribution in [0.2, 0.25) is 0 Å². The number of aryl methyl sites for hydroxylation is 2. The molecule has 8 nitrogen and oxygen atoms in total. The number of nitrogens with one attached hydrogen (secondary N) is 1. The fraction of sp³-hybridized carbons (Fsp3) is 0.444. The Morgan fingerprint density at radius 2 is 2.11 bits per heavy atom. The van der Waals surface area contributed by atoms with Crippen molar-refractivity contribution in [2.45, 2.75) is 26.3 Å². The summed E-state index contributed by atoms with van der Waals surface area (Å²) in [6.07, 6.45) is 3.68. The highest BCUT2D eigenvalue weighted by Crippen LogP contribution is 2.23. The summed E-state index contributed by atoms with van der Waals surface area (Å²) in [5.41, 5.74) is 1.28. The molecule has 1 N–H and O–H groups in total. The minimum absolute atomic E-state index is 0.200. The maximum absolute atomic E-state index is 12.3. The Labute approximate surface area is 161 Å². The van der Waals surface area contributed by atoms with Crippen molar-refractivity contribution in [1.82, 2.24) is 24.5 Å². The van der Waals surface area contributed by atoms with Gasteiger partial charge in [0.1, 0.15) is 10.7 Å². The van der Waals surface area contributed by atoms with E-state index < -0.39 is 0 Å². The molecule has 144 valence electrons. The van der Waals surface area contributed by atoms with Crippen molar-refractivity contribution in [2.24, 2.45) is 20.0 Å². The highest BCUT2D eigenvalue weighted by Gasteiger charge is 2.18. The lowest BCUT2D eigenvalue weighted by atomic mass is 9.94. The molecule has 0 saturated carbocycles. The van der Waals surface area contributed by atoms with Gasteiger partial charge in [-0.2, -0.15) is 5.10 Å². The van der Waals surface area contributed by atoms with Crippen LogP contribution in [0.3, 0.4) is 0 Å². The van der Waals surface area contributed by atoms with Crippen molar-refractivity contribution in [3.05, 3.63) is 51.0 Å². The molecule has 0 aliphatic carbocycles. The van der Waals surface area contributed by atoms with Crippen LogP contribution in [0, 0.1) is 5.92 Å². The maximum atomic E-state index is 12.3. The van der Waals surface area contributed by atoms with E-state index in [-0.39, 0.29) is 17.4 Å². The van der Waals surface area contributed by atoms with Crippen LogP contribution in [0.5, 0.6) is 5.88 Å². The molecule has 3 aromatic rings. The summed E-state index contributed by atoms with van der Waals surface area (Å²) < 4.78 is 8.96. The molecule has 0 spiro atoms. The number of thiazole rings is 1. The second kappa shape index (κ2) is 8.34. The molecule has 0 bridgehead atoms. The van der Waals surface area contributed by atoms with Crippen LogP contribution in [0.25, 0.3) is 0 Å². The van der Waals surface area contributed by atoms with Gasteiger partial charge in [-0.25, -0.2) is 9.67 Å². The van der Waals surface area contributed by atoms with E-state index in [1.54, 1.807) is 24.0 Å². The first-order chi connectivity index (χ1) is 12.9. The van der Waals surface area contributed by atoms with E-state index in [1.807, 2.05) is 24.7 Å². The van der Waals surface area contributed by atoms with Crippen LogP contribution in [0.15, 0.2) is 34.7 Å². The average Bonchev–Trinajstić information content (AvgIpc) is 3.32. The molecule has 0 fully saturated rings. The molecule has 3 heterocycles. The lowest BCUT2D eigenvalue weighted by molar-refractivity contribution is 0.227. The van der Waals surface area contributed by atoms with Gasteiger partial charge in [-0.3, -0.25) is 9.48 Å². The molecule has 0 amide bonds. The largest absolute Gasteiger partial charge is 0.476 e. The SMILES string of the molecule is CC(COc1cc(NCc2nccs2)c(=O)n(C)n1)[C@H](C)c1ccn(C)n1. The molecule has 27 heavy (non-hydrogen) atoms. The minimum Gasteiger partial charge on any atom is -0.476 e. The lowest BCUT2D eigenvalue weighted by Crippen LogP contribution is -2.24. The van der Waals surface area contributed by atoms with Crippen molar-refractivity contribution in [1.29, 1.82) is 0 Å². The Kier molecular flexibility index (Phi) is 5.90. The molecule has 0 aliphatic heterocycles. The van der Waals surface area contributed by atoms with Gasteiger partial charge < -0.3 is 10.1 Å². The van der Waals surface area contributed by atoms with Crippen LogP contribution in [-0.2, 0) is 20.6 Å². The highest BCUT2D eigenvalue weighted by atomic mass is 32.1. The van der Waals surface area contributed by atoms with Gasteiger partial charge in [-0.05, 0) is 12.0 Å². The zero-order valence-corrected chi connectivity index (χ0v) is 16.7. The van der Waals surface area contributed by atoms with E-state index in [2.05, 4.69) is 34.3 Å². The summed E-state index contributed by atoms with van der Waals surface area (Å²) in [6, 6.07) is 3.67. The first-order valence-electron chi connectivity index (χ1n) is 8.77. The summed E-state index contributed by atoms with van der Waals surface area (Å²) >= 11 is 1.54. The summed E-state index contributed by atoms with van der Waals surface area (Å²) in [6.45, 7) is 5.22. The van der Waals surface area contributed by atoms with Gasteiger partial charge in [0.15, 0.2) is 0 Å². The van der Waals surface area contributed by atoms with Gasteiger partial charge in [-0.15, -0.1) is 16.4 Å². The Hall–Kier alpha value is -2.68. The number of aromatic nitrogens is 5. The summed E-state index contributed by atoms with van der Waals surface area (Å²) in [5, 5.41) is 14.6. The van der Waals surface area contributed by atoms with E-state index in [9.17, 15) is 4.79 Å². The number of anilines is 1. The van der Waals surface area contributed by atoms with Gasteiger partial charge in [0.2, 0.25) is 5.88 Å². The van der Waals surface area contributed by atoms with Gasteiger partial charge in [-0.1, -0.05) is 13.8 Å². The molecule has 9 heteroatoms. The second-order valence-corrected chi connectivity index (χ2v) is 7.57. The number of hydrogen-bond acceptors (Lipinski definition) is 7. The van der Waals surface area contributed by atoms with Crippen LogP contribution < -0.4 is 15.6 Å². The Morgan fingerprint density at radius 3 is 2.78 bits per heavy atom.